The smallest absolute Gasteiger partial charge is 0.323 e. The van der Waals surface area contributed by atoms with Crippen molar-refractivity contribution in [3.8, 4) is 0 Å². The van der Waals surface area contributed by atoms with E-state index in [-0.39, 0.29) is 12.5 Å². The van der Waals surface area contributed by atoms with Crippen LogP contribution in [0.25, 0.3) is 6.08 Å². The highest BCUT2D eigenvalue weighted by molar-refractivity contribution is 5.93. The Hall–Kier alpha value is -2.21. The largest absolute Gasteiger partial charge is 0.480 e. The molecule has 1 aromatic rings. The van der Waals surface area contributed by atoms with Gasteiger partial charge in [-0.15, -0.1) is 0 Å². The molecule has 1 N–H and O–H groups in total. The third-order valence-corrected chi connectivity index (χ3v) is 2.56. The lowest BCUT2D eigenvalue weighted by molar-refractivity contribution is -0.142. The first-order valence-corrected chi connectivity index (χ1v) is 6.22. The third-order valence-electron chi connectivity index (χ3n) is 2.56. The Kier molecular flexibility index (Phi) is 6.39. The van der Waals surface area contributed by atoms with Gasteiger partial charge in [-0.2, -0.15) is 0 Å². The summed E-state index contributed by atoms with van der Waals surface area (Å²) in [6.45, 7) is 0.680. The number of amides is 1. The van der Waals surface area contributed by atoms with Gasteiger partial charge in [0, 0.05) is 31.6 Å². The van der Waals surface area contributed by atoms with Gasteiger partial charge in [-0.25, -0.2) is 0 Å². The predicted octanol–water partition coefficient (Wildman–Crippen LogP) is 0.570. The normalized spacial score (nSPS) is 10.9. The molecule has 0 bridgehead atoms. The number of hydrogen-bond acceptors (Lipinski definition) is 4. The number of carbonyl (C=O) groups is 2. The first-order valence-electron chi connectivity index (χ1n) is 6.22. The van der Waals surface area contributed by atoms with E-state index in [4.69, 9.17) is 5.11 Å². The second-order valence-corrected chi connectivity index (χ2v) is 4.58. The Morgan fingerprint density at radius 2 is 2.10 bits per heavy atom. The van der Waals surface area contributed by atoms with E-state index in [1.54, 1.807) is 24.5 Å². The zero-order valence-corrected chi connectivity index (χ0v) is 11.7. The summed E-state index contributed by atoms with van der Waals surface area (Å²) in [6.07, 6.45) is 6.27. The number of carboxylic acid groups (broad SMARTS) is 1. The van der Waals surface area contributed by atoms with Crippen molar-refractivity contribution in [1.29, 1.82) is 0 Å². The van der Waals surface area contributed by atoms with E-state index in [0.29, 0.717) is 13.1 Å². The van der Waals surface area contributed by atoms with Crippen LogP contribution in [0.5, 0.6) is 0 Å². The number of nitrogens with zero attached hydrogens (tertiary/aromatic N) is 3. The summed E-state index contributed by atoms with van der Waals surface area (Å²) in [7, 11) is 3.74. The van der Waals surface area contributed by atoms with Crippen molar-refractivity contribution in [2.24, 2.45) is 0 Å². The Morgan fingerprint density at radius 3 is 2.65 bits per heavy atom. The highest BCUT2D eigenvalue weighted by Crippen LogP contribution is 2.00. The van der Waals surface area contributed by atoms with Crippen LogP contribution in [0.15, 0.2) is 30.6 Å². The Morgan fingerprint density at radius 1 is 1.35 bits per heavy atom. The lowest BCUT2D eigenvalue weighted by atomic mass is 10.2. The molecule has 108 valence electrons. The summed E-state index contributed by atoms with van der Waals surface area (Å²) < 4.78 is 0. The van der Waals surface area contributed by atoms with Crippen LogP contribution < -0.4 is 0 Å². The van der Waals surface area contributed by atoms with Crippen molar-refractivity contribution in [2.75, 3.05) is 33.7 Å². The molecule has 1 rings (SSSR count). The van der Waals surface area contributed by atoms with Crippen LogP contribution in [0.2, 0.25) is 0 Å². The molecule has 1 amide bonds. The van der Waals surface area contributed by atoms with Crippen LogP contribution in [0, 0.1) is 0 Å². The molecule has 0 spiro atoms. The molecule has 0 fully saturated rings. The Labute approximate surface area is 118 Å². The molecule has 1 aromatic heterocycles. The fraction of sp³-hybridized carbons (Fsp3) is 0.357. The number of likely N-dealkylation sites (N-methyl/N-ethyl adjacent to an activating group) is 1. The average Bonchev–Trinajstić information content (AvgIpc) is 2.41. The number of carbonyl (C=O) groups excluding carboxylic acids is 1. The molecule has 0 aromatic carbocycles. The molecule has 0 aliphatic heterocycles. The van der Waals surface area contributed by atoms with Crippen LogP contribution in [0.3, 0.4) is 0 Å². The second-order valence-electron chi connectivity index (χ2n) is 4.58. The number of hydrogen-bond donors (Lipinski definition) is 1. The van der Waals surface area contributed by atoms with Gasteiger partial charge < -0.3 is 14.9 Å². The molecule has 0 saturated carbocycles. The minimum Gasteiger partial charge on any atom is -0.480 e. The molecule has 1 heterocycles. The molecule has 0 saturated heterocycles. The molecule has 0 aliphatic rings. The summed E-state index contributed by atoms with van der Waals surface area (Å²) in [6, 6.07) is 3.59. The maximum absolute atomic E-state index is 12.0. The summed E-state index contributed by atoms with van der Waals surface area (Å²) in [5.74, 6) is -1.34. The van der Waals surface area contributed by atoms with Crippen molar-refractivity contribution in [1.82, 2.24) is 14.8 Å². The van der Waals surface area contributed by atoms with Gasteiger partial charge in [-0.1, -0.05) is 6.07 Å². The fourth-order valence-corrected chi connectivity index (χ4v) is 1.50. The quantitative estimate of drug-likeness (QED) is 0.738. The summed E-state index contributed by atoms with van der Waals surface area (Å²) in [5, 5.41) is 8.84. The third kappa shape index (κ3) is 6.10. The van der Waals surface area contributed by atoms with E-state index in [2.05, 4.69) is 4.98 Å². The van der Waals surface area contributed by atoms with Crippen molar-refractivity contribution in [2.45, 2.75) is 0 Å². The standard InChI is InChI=1S/C14H19N3O3/c1-16(2)8-9-17(11-14(19)20)13(18)6-5-12-4-3-7-15-10-12/h3-7,10H,8-9,11H2,1-2H3,(H,19,20)/b6-5+. The van der Waals surface area contributed by atoms with E-state index >= 15 is 0 Å². The molecule has 6 nitrogen and oxygen atoms in total. The second kappa shape index (κ2) is 8.06. The Bertz CT molecular complexity index is 472. The van der Waals surface area contributed by atoms with Crippen LogP contribution in [0.4, 0.5) is 0 Å². The van der Waals surface area contributed by atoms with E-state index in [1.165, 1.54) is 11.0 Å². The van der Waals surface area contributed by atoms with Crippen molar-refractivity contribution < 1.29 is 14.7 Å². The number of carboxylic acids is 1. The van der Waals surface area contributed by atoms with Crippen LogP contribution >= 0.6 is 0 Å². The van der Waals surface area contributed by atoms with Gasteiger partial charge in [-0.3, -0.25) is 14.6 Å². The van der Waals surface area contributed by atoms with Crippen molar-refractivity contribution in [3.63, 3.8) is 0 Å². The average molecular weight is 277 g/mol. The fourth-order valence-electron chi connectivity index (χ4n) is 1.50. The summed E-state index contributed by atoms with van der Waals surface area (Å²) in [4.78, 5) is 29.9. The Balaban J connectivity index is 2.67. The van der Waals surface area contributed by atoms with Crippen molar-refractivity contribution >= 4 is 18.0 Å². The van der Waals surface area contributed by atoms with Crippen LogP contribution in [0.1, 0.15) is 5.56 Å². The monoisotopic (exact) mass is 277 g/mol. The zero-order valence-electron chi connectivity index (χ0n) is 11.7. The number of aliphatic carboxylic acids is 1. The maximum Gasteiger partial charge on any atom is 0.323 e. The highest BCUT2D eigenvalue weighted by atomic mass is 16.4. The summed E-state index contributed by atoms with van der Waals surface area (Å²) in [5.41, 5.74) is 0.795. The van der Waals surface area contributed by atoms with Gasteiger partial charge in [0.1, 0.15) is 6.54 Å². The number of pyridine rings is 1. The van der Waals surface area contributed by atoms with Gasteiger partial charge in [0.15, 0.2) is 0 Å². The molecule has 20 heavy (non-hydrogen) atoms. The molecule has 0 aliphatic carbocycles. The lowest BCUT2D eigenvalue weighted by Crippen LogP contribution is -2.39. The predicted molar refractivity (Wildman–Crippen MR) is 76.0 cm³/mol. The van der Waals surface area contributed by atoms with Gasteiger partial charge in [0.05, 0.1) is 0 Å². The highest BCUT2D eigenvalue weighted by Gasteiger charge is 2.14. The molecular formula is C14H19N3O3. The molecular weight excluding hydrogens is 258 g/mol. The topological polar surface area (TPSA) is 73.7 Å². The SMILES string of the molecule is CN(C)CCN(CC(=O)O)C(=O)/C=C/c1cccnc1. The molecule has 6 heteroatoms. The van der Waals surface area contributed by atoms with E-state index in [0.717, 1.165) is 5.56 Å². The first kappa shape index (κ1) is 15.8. The van der Waals surface area contributed by atoms with Gasteiger partial charge >= 0.3 is 5.97 Å². The minimum atomic E-state index is -1.02. The zero-order chi connectivity index (χ0) is 15.0. The van der Waals surface area contributed by atoms with Crippen molar-refractivity contribution in [3.05, 3.63) is 36.2 Å². The van der Waals surface area contributed by atoms with Gasteiger partial charge in [0.25, 0.3) is 0 Å². The maximum atomic E-state index is 12.0. The van der Waals surface area contributed by atoms with Gasteiger partial charge in [-0.05, 0) is 31.8 Å². The van der Waals surface area contributed by atoms with Crippen LogP contribution in [-0.4, -0.2) is 65.5 Å². The van der Waals surface area contributed by atoms with E-state index < -0.39 is 5.97 Å². The number of aromatic nitrogens is 1. The summed E-state index contributed by atoms with van der Waals surface area (Å²) >= 11 is 0. The number of rotatable bonds is 7. The first-order chi connectivity index (χ1) is 9.49. The van der Waals surface area contributed by atoms with E-state index in [1.807, 2.05) is 25.1 Å². The van der Waals surface area contributed by atoms with Gasteiger partial charge in [0.2, 0.25) is 5.91 Å². The lowest BCUT2D eigenvalue weighted by Gasteiger charge is -2.21. The molecule has 0 radical (unpaired) electrons. The molecule has 0 unspecified atom stereocenters. The molecule has 0 atom stereocenters. The van der Waals surface area contributed by atoms with E-state index in [9.17, 15) is 9.59 Å². The minimum absolute atomic E-state index is 0.302. The van der Waals surface area contributed by atoms with Crippen LogP contribution in [-0.2, 0) is 9.59 Å².